The van der Waals surface area contributed by atoms with Crippen molar-refractivity contribution in [3.63, 3.8) is 0 Å². The largest absolute Gasteiger partial charge is 0.472 e. The minimum atomic E-state index is -5.07. The van der Waals surface area contributed by atoms with Crippen LogP contribution in [0.2, 0.25) is 0 Å². The summed E-state index contributed by atoms with van der Waals surface area (Å²) in [5.41, 5.74) is 37.4. The highest BCUT2D eigenvalue weighted by molar-refractivity contribution is 7.47. The maximum Gasteiger partial charge on any atom is 0.472 e. The van der Waals surface area contributed by atoms with Crippen LogP contribution < -0.4 is 45.0 Å². The van der Waals surface area contributed by atoms with E-state index in [0.29, 0.717) is 56.4 Å². The molecule has 27 nitrogen and oxygen atoms in total. The predicted octanol–water partition coefficient (Wildman–Crippen LogP) is 3.16. The summed E-state index contributed by atoms with van der Waals surface area (Å²) in [7, 11) is -5.07. The molecule has 1 aromatic heterocycles. The predicted molar refractivity (Wildman–Crippen MR) is 334 cm³/mol. The Kier molecular flexibility index (Phi) is 19.6. The Balaban J connectivity index is 1.19. The summed E-state index contributed by atoms with van der Waals surface area (Å²) in [5, 5.41) is 28.2. The van der Waals surface area contributed by atoms with Gasteiger partial charge in [-0.2, -0.15) is 0 Å². The molecule has 2 aromatic rings. The van der Waals surface area contributed by atoms with Crippen molar-refractivity contribution in [2.75, 3.05) is 13.2 Å². The fourth-order valence-corrected chi connectivity index (χ4v) is 16.6. The molecular weight excluding hydrogens is 1180 g/mol. The Hall–Kier alpha value is -7.00. The molecule has 28 heteroatoms. The van der Waals surface area contributed by atoms with Crippen LogP contribution in [-0.4, -0.2) is 132 Å². The van der Waals surface area contributed by atoms with Crippen LogP contribution in [0.25, 0.3) is 11.0 Å². The zero-order valence-corrected chi connectivity index (χ0v) is 54.1. The lowest BCUT2D eigenvalue weighted by atomic mass is 9.55. The van der Waals surface area contributed by atoms with Crippen molar-refractivity contribution in [3.05, 3.63) is 63.9 Å². The second kappa shape index (κ2) is 25.6. The van der Waals surface area contributed by atoms with Gasteiger partial charge in [0.05, 0.1) is 41.7 Å². The van der Waals surface area contributed by atoms with Crippen LogP contribution in [0.15, 0.2) is 67.8 Å². The van der Waals surface area contributed by atoms with Crippen molar-refractivity contribution in [2.24, 2.45) is 94.7 Å². The van der Waals surface area contributed by atoms with E-state index in [-0.39, 0.29) is 77.2 Å². The van der Waals surface area contributed by atoms with Crippen LogP contribution in [0.1, 0.15) is 150 Å². The summed E-state index contributed by atoms with van der Waals surface area (Å²) in [6.07, 6.45) is -4.26. The maximum atomic E-state index is 14.4. The Labute approximate surface area is 523 Å². The SMILES string of the molecule is CC1=C2N=C(C=C3NC(=C(C)C4=N[C@@](C)(C5N=C1[C@](C)(CCC(=O)NCC(C)OP(=O)(O)OC1C(O)[C@@H](n6cnc7cc(C)c(C)cc76)O[C@@H]1CO)[C@H]5CC(N)=O)[C@@](C)(CC(N)=O)[C@@H]4CCC(N)=O)[C@@](C)(CC(N)=O)[C@@H]3CCC(N)=O)C(C)(C)[C@@H]2CCC(N)=O. The molecule has 0 radical (unpaired) electrons. The van der Waals surface area contributed by atoms with E-state index < -0.39 is 143 Å². The number of aliphatic hydroxyl groups is 2. The van der Waals surface area contributed by atoms with E-state index in [2.05, 4.69) is 15.6 Å². The highest BCUT2D eigenvalue weighted by Gasteiger charge is 2.66. The molecule has 15 atom stereocenters. The number of primary amides is 6. The fraction of sp³-hybridized carbons (Fsp3) is 0.629. The van der Waals surface area contributed by atoms with E-state index in [0.717, 1.165) is 11.1 Å². The number of aliphatic hydroxyl groups excluding tert-OH is 2. The number of aromatic nitrogens is 2. The van der Waals surface area contributed by atoms with Gasteiger partial charge >= 0.3 is 7.82 Å². The van der Waals surface area contributed by atoms with Gasteiger partial charge < -0.3 is 69.4 Å². The number of ether oxygens (including phenoxy) is 1. The Morgan fingerprint density at radius 1 is 0.800 bits per heavy atom. The zero-order chi connectivity index (χ0) is 66.7. The molecule has 492 valence electrons. The van der Waals surface area contributed by atoms with Gasteiger partial charge in [0.25, 0.3) is 0 Å². The van der Waals surface area contributed by atoms with Crippen LogP contribution >= 0.6 is 7.82 Å². The number of carbonyl (C=O) groups excluding carboxylic acids is 7. The summed E-state index contributed by atoms with van der Waals surface area (Å²) in [4.78, 5) is 126. The topological polar surface area (TPSA) is 460 Å². The van der Waals surface area contributed by atoms with Gasteiger partial charge in [0.1, 0.15) is 18.3 Å². The number of aliphatic imine (C=N–C) groups is 3. The lowest BCUT2D eigenvalue weighted by Crippen LogP contribution is -2.56. The number of nitrogens with zero attached hydrogens (tertiary/aromatic N) is 5. The Morgan fingerprint density at radius 2 is 1.40 bits per heavy atom. The molecule has 2 fully saturated rings. The van der Waals surface area contributed by atoms with Gasteiger partial charge in [-0.1, -0.05) is 34.6 Å². The zero-order valence-electron chi connectivity index (χ0n) is 53.3. The number of phosphoric ester groups is 1. The van der Waals surface area contributed by atoms with Crippen molar-refractivity contribution >= 4 is 77.3 Å². The molecule has 2 saturated heterocycles. The van der Waals surface area contributed by atoms with Crippen molar-refractivity contribution in [1.82, 2.24) is 20.2 Å². The molecule has 6 aliphatic rings. The van der Waals surface area contributed by atoms with E-state index in [1.54, 1.807) is 4.57 Å². The fourth-order valence-electron chi connectivity index (χ4n) is 15.4. The minimum absolute atomic E-state index is 0.0114. The number of imidazole rings is 1. The van der Waals surface area contributed by atoms with E-state index in [1.165, 1.54) is 13.3 Å². The first-order chi connectivity index (χ1) is 41.8. The lowest BCUT2D eigenvalue weighted by Gasteiger charge is -2.48. The van der Waals surface area contributed by atoms with Crippen molar-refractivity contribution in [2.45, 2.75) is 189 Å². The summed E-state index contributed by atoms with van der Waals surface area (Å²) < 4.78 is 32.3. The lowest BCUT2D eigenvalue weighted by molar-refractivity contribution is -0.124. The number of nitrogens with one attached hydrogen (secondary N) is 2. The number of amides is 7. The molecular formula is C62H90N13O14P. The van der Waals surface area contributed by atoms with Crippen LogP contribution in [0.5, 0.6) is 0 Å². The number of hydrogen-bond acceptors (Lipinski definition) is 18. The Bertz CT molecular complexity index is 3540. The quantitative estimate of drug-likeness (QED) is 0.0603. The number of hydrogen-bond donors (Lipinski definition) is 11. The van der Waals surface area contributed by atoms with Crippen LogP contribution in [0.4, 0.5) is 0 Å². The second-order valence-corrected chi connectivity index (χ2v) is 28.4. The third-order valence-corrected chi connectivity index (χ3v) is 21.7. The average Bonchev–Trinajstić information content (AvgIpc) is 1.53. The molecule has 5 unspecified atom stereocenters. The first kappa shape index (κ1) is 68.9. The van der Waals surface area contributed by atoms with Crippen molar-refractivity contribution < 1.29 is 67.0 Å². The highest BCUT2D eigenvalue weighted by atomic mass is 31.2. The molecule has 1 aromatic carbocycles. The number of benzene rings is 1. The molecule has 7 amide bonds. The summed E-state index contributed by atoms with van der Waals surface area (Å²) in [6, 6.07) is 2.70. The van der Waals surface area contributed by atoms with E-state index in [4.69, 9.17) is 63.2 Å². The second-order valence-electron chi connectivity index (χ2n) is 27.1. The number of nitrogens with two attached hydrogens (primary N) is 6. The molecule has 8 bridgehead atoms. The number of rotatable bonds is 26. The molecule has 6 aliphatic heterocycles. The number of allylic oxidation sites excluding steroid dienone is 6. The average molecular weight is 1270 g/mol. The standard InChI is InChI=1S/C62H90N13O14P/c1-29-20-39-40(21-30(29)2)75(28-70-39)57-52(84)53(41(27-76)87-57)89-90(85,86)88-31(3)26-69-49(83)18-19-59(8)37(22-46(66)80)56-62(11)61(10,25-48(68)82)36(14-17-45(65)79)51(74-62)33(5)55-60(9,24-47(67)81)34(12-15-43(63)77)38(71-55)23-42-58(6,7)35(13-16-44(64)78)50(72-42)32(4)54(59)73-56/h20-21,23,28,31,34-37,41,52-53,56-57,71,76,84H,12-19,22,24-27H2,1-11H3,(H2,63,77)(H2,64,78)(H2,65,79)(H2,66,80)(H2,67,81)(H2,68,82)(H,69,83)(H,85,86)/t31?,34-,35-,36-,37+,41-,52?,53?,56?,57+,59-,60+,61+,62+/m1/s1. The maximum absolute atomic E-state index is 14.4. The molecule has 17 N–H and O–H groups in total. The summed E-state index contributed by atoms with van der Waals surface area (Å²) in [6.45, 7) is 19.3. The van der Waals surface area contributed by atoms with Gasteiger partial charge in [0.15, 0.2) is 6.23 Å². The number of phosphoric acid groups is 1. The molecule has 8 rings (SSSR count). The van der Waals surface area contributed by atoms with E-state index in [9.17, 15) is 53.2 Å². The normalized spacial score (nSPS) is 32.0. The molecule has 0 aliphatic carbocycles. The monoisotopic (exact) mass is 1270 g/mol. The van der Waals surface area contributed by atoms with E-state index in [1.807, 2.05) is 87.4 Å². The molecule has 0 spiro atoms. The number of carbonyl (C=O) groups is 7. The van der Waals surface area contributed by atoms with Gasteiger partial charge in [-0.25, -0.2) is 9.55 Å². The minimum Gasteiger partial charge on any atom is -0.394 e. The highest BCUT2D eigenvalue weighted by Crippen LogP contribution is 2.63. The Morgan fingerprint density at radius 3 is 1.99 bits per heavy atom. The smallest absolute Gasteiger partial charge is 0.394 e. The van der Waals surface area contributed by atoms with Crippen molar-refractivity contribution in [3.8, 4) is 0 Å². The van der Waals surface area contributed by atoms with Gasteiger partial charge in [-0.3, -0.25) is 57.6 Å². The van der Waals surface area contributed by atoms with Gasteiger partial charge in [-0.05, 0) is 108 Å². The van der Waals surface area contributed by atoms with Gasteiger partial charge in [0, 0.05) is 131 Å². The van der Waals surface area contributed by atoms with Gasteiger partial charge in [0.2, 0.25) is 41.4 Å². The van der Waals surface area contributed by atoms with E-state index >= 15 is 0 Å². The first-order valence-corrected chi connectivity index (χ1v) is 32.1. The van der Waals surface area contributed by atoms with Crippen molar-refractivity contribution in [1.29, 1.82) is 0 Å². The first-order valence-electron chi connectivity index (χ1n) is 30.6. The van der Waals surface area contributed by atoms with Crippen LogP contribution in [-0.2, 0) is 51.9 Å². The van der Waals surface area contributed by atoms with Gasteiger partial charge in [-0.15, -0.1) is 0 Å². The number of aryl methyl sites for hydroxylation is 2. The van der Waals surface area contributed by atoms with Crippen LogP contribution in [0, 0.1) is 59.2 Å². The number of fused-ring (bicyclic) bond motifs is 7. The third kappa shape index (κ3) is 13.0. The van der Waals surface area contributed by atoms with Crippen LogP contribution in [0.3, 0.4) is 0 Å². The summed E-state index contributed by atoms with van der Waals surface area (Å²) in [5.74, 6) is -7.18. The molecule has 90 heavy (non-hydrogen) atoms. The summed E-state index contributed by atoms with van der Waals surface area (Å²) >= 11 is 0. The third-order valence-electron chi connectivity index (χ3n) is 20.6. The molecule has 7 heterocycles. The molecule has 0 saturated carbocycles.